The molecule has 0 unspecified atom stereocenters. The van der Waals surface area contributed by atoms with Crippen LogP contribution in [0.15, 0.2) is 24.3 Å². The molecule has 1 aromatic rings. The van der Waals surface area contributed by atoms with E-state index in [2.05, 4.69) is 5.32 Å². The van der Waals surface area contributed by atoms with Crippen LogP contribution in [0.4, 0.5) is 0 Å². The molecule has 1 heterocycles. The van der Waals surface area contributed by atoms with E-state index in [0.717, 1.165) is 5.56 Å². The summed E-state index contributed by atoms with van der Waals surface area (Å²) in [5.74, 6) is -0.136. The number of benzene rings is 1. The van der Waals surface area contributed by atoms with Gasteiger partial charge in [-0.25, -0.2) is 12.7 Å². The molecule has 25 heavy (non-hydrogen) atoms. The van der Waals surface area contributed by atoms with Gasteiger partial charge in [0, 0.05) is 24.7 Å². The molecule has 0 atom stereocenters. The highest BCUT2D eigenvalue weighted by Crippen LogP contribution is 2.16. The molecule has 140 valence electrons. The molecule has 1 aliphatic heterocycles. The summed E-state index contributed by atoms with van der Waals surface area (Å²) in [4.78, 5) is 12.5. The van der Waals surface area contributed by atoms with Crippen LogP contribution in [-0.2, 0) is 16.4 Å². The Bertz CT molecular complexity index is 702. The molecular weight excluding hydrogens is 340 g/mol. The maximum Gasteiger partial charge on any atom is 0.251 e. The number of aliphatic hydroxyl groups is 1. The lowest BCUT2D eigenvalue weighted by Gasteiger charge is -2.30. The first kappa shape index (κ1) is 19.9. The predicted octanol–water partition coefficient (Wildman–Crippen LogP) is 1.54. The van der Waals surface area contributed by atoms with Crippen molar-refractivity contribution >= 4 is 15.9 Å². The number of sulfonamides is 1. The van der Waals surface area contributed by atoms with Crippen LogP contribution in [0, 0.1) is 0 Å². The number of hydrogen-bond acceptors (Lipinski definition) is 4. The Morgan fingerprint density at radius 1 is 1.32 bits per heavy atom. The maximum atomic E-state index is 12.5. The lowest BCUT2D eigenvalue weighted by atomic mass is 9.97. The van der Waals surface area contributed by atoms with Gasteiger partial charge < -0.3 is 10.4 Å². The van der Waals surface area contributed by atoms with Gasteiger partial charge in [-0.15, -0.1) is 0 Å². The molecule has 0 aromatic heterocycles. The molecule has 0 spiro atoms. The quantitative estimate of drug-likeness (QED) is 0.797. The minimum absolute atomic E-state index is 0.00877. The first-order valence-corrected chi connectivity index (χ1v) is 10.5. The molecule has 0 saturated carbocycles. The van der Waals surface area contributed by atoms with Crippen LogP contribution in [0.5, 0.6) is 0 Å². The number of amides is 1. The van der Waals surface area contributed by atoms with Crippen molar-refractivity contribution in [1.82, 2.24) is 9.62 Å². The second-order valence-corrected chi connectivity index (χ2v) is 9.41. The van der Waals surface area contributed by atoms with Gasteiger partial charge in [0.2, 0.25) is 10.0 Å². The number of carbonyl (C=O) groups is 1. The zero-order valence-corrected chi connectivity index (χ0v) is 16.0. The molecule has 1 saturated heterocycles. The summed E-state index contributed by atoms with van der Waals surface area (Å²) in [7, 11) is -3.15. The molecular formula is C18H28N2O4S. The molecule has 0 radical (unpaired) electrons. The minimum atomic E-state index is -3.15. The van der Waals surface area contributed by atoms with Crippen molar-refractivity contribution in [3.8, 4) is 0 Å². The highest BCUT2D eigenvalue weighted by molar-refractivity contribution is 7.88. The maximum absolute atomic E-state index is 12.5. The third-order valence-corrected chi connectivity index (χ3v) is 5.78. The summed E-state index contributed by atoms with van der Waals surface area (Å²) in [6.45, 7) is 4.42. The number of nitrogens with one attached hydrogen (secondary N) is 1. The van der Waals surface area contributed by atoms with Gasteiger partial charge in [0.1, 0.15) is 0 Å². The van der Waals surface area contributed by atoms with Crippen LogP contribution in [0.2, 0.25) is 0 Å². The van der Waals surface area contributed by atoms with Gasteiger partial charge in [-0.1, -0.05) is 12.1 Å². The van der Waals surface area contributed by atoms with Gasteiger partial charge in [-0.2, -0.15) is 0 Å². The second kappa shape index (κ2) is 7.85. The van der Waals surface area contributed by atoms with Crippen molar-refractivity contribution in [3.63, 3.8) is 0 Å². The minimum Gasteiger partial charge on any atom is -0.390 e. The fourth-order valence-corrected chi connectivity index (χ4v) is 3.79. The molecule has 1 aromatic carbocycles. The number of carbonyl (C=O) groups excluding carboxylic acids is 1. The zero-order chi connectivity index (χ0) is 18.7. The Morgan fingerprint density at radius 2 is 1.96 bits per heavy atom. The number of piperidine rings is 1. The van der Waals surface area contributed by atoms with Crippen molar-refractivity contribution in [1.29, 1.82) is 0 Å². The average molecular weight is 368 g/mol. The van der Waals surface area contributed by atoms with Crippen molar-refractivity contribution in [2.75, 3.05) is 19.3 Å². The molecule has 7 heteroatoms. The third-order valence-electron chi connectivity index (χ3n) is 4.47. The van der Waals surface area contributed by atoms with Crippen LogP contribution in [-0.4, -0.2) is 54.7 Å². The Labute approximate surface area is 150 Å². The standard InChI is InChI=1S/C18H28N2O4S/c1-18(2,22)10-7-14-5-4-6-15(13-14)17(21)19-16-8-11-20(12-9-16)25(3,23)24/h4-6,13,16,22H,7-12H2,1-3H3,(H,19,21). The topological polar surface area (TPSA) is 86.7 Å². The Hall–Kier alpha value is -1.44. The number of aryl methyl sites for hydroxylation is 1. The largest absolute Gasteiger partial charge is 0.390 e. The zero-order valence-electron chi connectivity index (χ0n) is 15.2. The first-order valence-electron chi connectivity index (χ1n) is 8.62. The summed E-state index contributed by atoms with van der Waals surface area (Å²) in [5, 5.41) is 12.8. The Kier molecular flexibility index (Phi) is 6.24. The van der Waals surface area contributed by atoms with E-state index in [4.69, 9.17) is 0 Å². The van der Waals surface area contributed by atoms with Gasteiger partial charge in [-0.05, 0) is 57.2 Å². The van der Waals surface area contributed by atoms with E-state index < -0.39 is 15.6 Å². The molecule has 2 N–H and O–H groups in total. The molecule has 2 rings (SSSR count). The van der Waals surface area contributed by atoms with Gasteiger partial charge in [0.25, 0.3) is 5.91 Å². The summed E-state index contributed by atoms with van der Waals surface area (Å²) < 4.78 is 24.5. The highest BCUT2D eigenvalue weighted by Gasteiger charge is 2.26. The fourth-order valence-electron chi connectivity index (χ4n) is 2.92. The van der Waals surface area contributed by atoms with Crippen LogP contribution in [0.25, 0.3) is 0 Å². The molecule has 1 amide bonds. The lowest BCUT2D eigenvalue weighted by Crippen LogP contribution is -2.46. The molecule has 1 aliphatic rings. The van der Waals surface area contributed by atoms with E-state index in [1.165, 1.54) is 10.6 Å². The second-order valence-electron chi connectivity index (χ2n) is 7.42. The first-order chi connectivity index (χ1) is 11.5. The number of hydrogen-bond donors (Lipinski definition) is 2. The van der Waals surface area contributed by atoms with E-state index in [9.17, 15) is 18.3 Å². The van der Waals surface area contributed by atoms with Crippen molar-refractivity contribution in [3.05, 3.63) is 35.4 Å². The monoisotopic (exact) mass is 368 g/mol. The number of nitrogens with zero attached hydrogens (tertiary/aromatic N) is 1. The van der Waals surface area contributed by atoms with Gasteiger partial charge >= 0.3 is 0 Å². The van der Waals surface area contributed by atoms with Crippen LogP contribution < -0.4 is 5.32 Å². The van der Waals surface area contributed by atoms with E-state index in [0.29, 0.717) is 44.3 Å². The van der Waals surface area contributed by atoms with Crippen LogP contribution >= 0.6 is 0 Å². The molecule has 6 nitrogen and oxygen atoms in total. The van der Waals surface area contributed by atoms with E-state index in [1.54, 1.807) is 19.9 Å². The Morgan fingerprint density at radius 3 is 2.52 bits per heavy atom. The Balaban J connectivity index is 1.91. The summed E-state index contributed by atoms with van der Waals surface area (Å²) in [6.07, 6.45) is 3.79. The van der Waals surface area contributed by atoms with Crippen LogP contribution in [0.1, 0.15) is 49.0 Å². The van der Waals surface area contributed by atoms with E-state index in [-0.39, 0.29) is 11.9 Å². The molecule has 0 aliphatic carbocycles. The summed E-state index contributed by atoms with van der Waals surface area (Å²) in [6, 6.07) is 7.42. The molecule has 1 fully saturated rings. The van der Waals surface area contributed by atoms with E-state index >= 15 is 0 Å². The number of rotatable bonds is 6. The van der Waals surface area contributed by atoms with Crippen LogP contribution in [0.3, 0.4) is 0 Å². The van der Waals surface area contributed by atoms with E-state index in [1.807, 2.05) is 18.2 Å². The SMILES string of the molecule is CC(C)(O)CCc1cccc(C(=O)NC2CCN(S(C)(=O)=O)CC2)c1. The lowest BCUT2D eigenvalue weighted by molar-refractivity contribution is 0.0714. The summed E-state index contributed by atoms with van der Waals surface area (Å²) in [5.41, 5.74) is 0.881. The smallest absolute Gasteiger partial charge is 0.251 e. The average Bonchev–Trinajstić information content (AvgIpc) is 2.52. The summed E-state index contributed by atoms with van der Waals surface area (Å²) >= 11 is 0. The predicted molar refractivity (Wildman–Crippen MR) is 98.0 cm³/mol. The van der Waals surface area contributed by atoms with Crippen molar-refractivity contribution < 1.29 is 18.3 Å². The van der Waals surface area contributed by atoms with Crippen molar-refractivity contribution in [2.24, 2.45) is 0 Å². The van der Waals surface area contributed by atoms with Crippen molar-refractivity contribution in [2.45, 2.75) is 51.2 Å². The van der Waals surface area contributed by atoms with Gasteiger partial charge in [0.05, 0.1) is 11.9 Å². The van der Waals surface area contributed by atoms with Gasteiger partial charge in [-0.3, -0.25) is 4.79 Å². The normalized spacial score (nSPS) is 17.4. The molecule has 0 bridgehead atoms. The van der Waals surface area contributed by atoms with Gasteiger partial charge in [0.15, 0.2) is 0 Å². The third kappa shape index (κ3) is 6.41. The fraction of sp³-hybridized carbons (Fsp3) is 0.611. The highest BCUT2D eigenvalue weighted by atomic mass is 32.2.